The summed E-state index contributed by atoms with van der Waals surface area (Å²) in [4.78, 5) is 20.1. The second kappa shape index (κ2) is 8.67. The van der Waals surface area contributed by atoms with Crippen LogP contribution in [-0.2, 0) is 0 Å². The van der Waals surface area contributed by atoms with Crippen LogP contribution < -0.4 is 10.1 Å². The Morgan fingerprint density at radius 1 is 1.03 bits per heavy atom. The molecule has 5 nitrogen and oxygen atoms in total. The number of nitrogens with zero attached hydrogens (tertiary/aromatic N) is 2. The second-order valence-electron chi connectivity index (χ2n) is 8.35. The van der Waals surface area contributed by atoms with Gasteiger partial charge in [0.25, 0.3) is 5.91 Å². The molecule has 5 rings (SSSR count). The van der Waals surface area contributed by atoms with Crippen LogP contribution in [0.25, 0.3) is 0 Å². The zero-order chi connectivity index (χ0) is 22.1. The number of amidine groups is 1. The lowest BCUT2D eigenvalue weighted by Gasteiger charge is -2.33. The summed E-state index contributed by atoms with van der Waals surface area (Å²) < 4.78 is 6.23. The molecule has 0 unspecified atom stereocenters. The predicted molar refractivity (Wildman–Crippen MR) is 129 cm³/mol. The Balaban J connectivity index is 1.52. The smallest absolute Gasteiger partial charge is 0.255 e. The zero-order valence-corrected chi connectivity index (χ0v) is 18.6. The van der Waals surface area contributed by atoms with E-state index < -0.39 is 0 Å². The molecule has 3 aromatic carbocycles. The average Bonchev–Trinajstić information content (AvgIpc) is 2.96. The molecule has 0 aromatic heterocycles. The number of carbonyl (C=O) groups is 1. The number of halogens is 1. The molecule has 1 saturated heterocycles. The summed E-state index contributed by atoms with van der Waals surface area (Å²) >= 11 is 6.05. The Kier molecular flexibility index (Phi) is 5.58. The maximum atomic E-state index is 12.8. The van der Waals surface area contributed by atoms with E-state index in [-0.39, 0.29) is 5.91 Å². The van der Waals surface area contributed by atoms with Crippen molar-refractivity contribution in [2.45, 2.75) is 19.8 Å². The highest BCUT2D eigenvalue weighted by molar-refractivity contribution is 6.31. The normalized spacial score (nSPS) is 15.7. The molecule has 1 fully saturated rings. The summed E-state index contributed by atoms with van der Waals surface area (Å²) in [5, 5.41) is 3.51. The summed E-state index contributed by atoms with van der Waals surface area (Å²) in [6.45, 7) is 4.18. The fourth-order valence-electron chi connectivity index (χ4n) is 4.09. The van der Waals surface area contributed by atoms with Crippen molar-refractivity contribution in [1.82, 2.24) is 4.90 Å². The number of likely N-dealkylation sites (tertiary alicyclic amines) is 1. The van der Waals surface area contributed by atoms with E-state index in [1.807, 2.05) is 42.5 Å². The first-order chi connectivity index (χ1) is 15.6. The van der Waals surface area contributed by atoms with E-state index in [1.54, 1.807) is 24.3 Å². The largest absolute Gasteiger partial charge is 0.454 e. The van der Waals surface area contributed by atoms with Gasteiger partial charge in [-0.15, -0.1) is 0 Å². The number of aliphatic imine (C=N–C) groups is 1. The highest BCUT2D eigenvalue weighted by atomic mass is 35.5. The Labute approximate surface area is 192 Å². The Morgan fingerprint density at radius 2 is 1.84 bits per heavy atom. The van der Waals surface area contributed by atoms with Crippen LogP contribution in [0.4, 0.5) is 11.4 Å². The van der Waals surface area contributed by atoms with Crippen molar-refractivity contribution in [2.24, 2.45) is 10.9 Å². The first kappa shape index (κ1) is 20.6. The van der Waals surface area contributed by atoms with Gasteiger partial charge in [-0.1, -0.05) is 36.7 Å². The summed E-state index contributed by atoms with van der Waals surface area (Å²) in [6.07, 6.45) is 2.25. The third-order valence-electron chi connectivity index (χ3n) is 5.96. The van der Waals surface area contributed by atoms with Crippen molar-refractivity contribution in [1.29, 1.82) is 0 Å². The van der Waals surface area contributed by atoms with Gasteiger partial charge in [0, 0.05) is 29.4 Å². The van der Waals surface area contributed by atoms with Gasteiger partial charge in [-0.05, 0) is 67.3 Å². The first-order valence-electron chi connectivity index (χ1n) is 10.9. The summed E-state index contributed by atoms with van der Waals surface area (Å²) in [6, 6.07) is 20.4. The van der Waals surface area contributed by atoms with Crippen LogP contribution in [0.1, 0.15) is 35.7 Å². The van der Waals surface area contributed by atoms with E-state index in [0.717, 1.165) is 54.5 Å². The fraction of sp³-hybridized carbons (Fsp3) is 0.231. The minimum absolute atomic E-state index is 0.212. The van der Waals surface area contributed by atoms with Crippen molar-refractivity contribution in [3.05, 3.63) is 82.9 Å². The molecule has 2 aliphatic heterocycles. The fourth-order valence-corrected chi connectivity index (χ4v) is 4.28. The van der Waals surface area contributed by atoms with Crippen molar-refractivity contribution < 1.29 is 9.53 Å². The van der Waals surface area contributed by atoms with Crippen molar-refractivity contribution in [3.8, 4) is 11.5 Å². The number of benzene rings is 3. The molecule has 3 aromatic rings. The molecule has 6 heteroatoms. The molecule has 2 aliphatic rings. The first-order valence-corrected chi connectivity index (χ1v) is 11.3. The topological polar surface area (TPSA) is 53.9 Å². The van der Waals surface area contributed by atoms with E-state index in [0.29, 0.717) is 22.2 Å². The maximum absolute atomic E-state index is 12.8. The molecule has 0 aliphatic carbocycles. The lowest BCUT2D eigenvalue weighted by molar-refractivity contribution is 0.102. The number of nitrogens with one attached hydrogen (secondary N) is 1. The SMILES string of the molecule is CC1CCN(C2=Nc3ccccc3Oc3ccc(NC(=O)c4cccc(Cl)c4)cc32)CC1. The quantitative estimate of drug-likeness (QED) is 0.489. The average molecular weight is 446 g/mol. The van der Waals surface area contributed by atoms with Crippen molar-refractivity contribution in [2.75, 3.05) is 18.4 Å². The molecule has 0 bridgehead atoms. The number of para-hydroxylation sites is 2. The highest BCUT2D eigenvalue weighted by Gasteiger charge is 2.26. The minimum atomic E-state index is -0.212. The number of amides is 1. The molecule has 162 valence electrons. The Morgan fingerprint density at radius 3 is 2.66 bits per heavy atom. The van der Waals surface area contributed by atoms with Crippen LogP contribution in [0.5, 0.6) is 11.5 Å². The lowest BCUT2D eigenvalue weighted by atomic mass is 9.98. The van der Waals surface area contributed by atoms with E-state index in [2.05, 4.69) is 17.1 Å². The maximum Gasteiger partial charge on any atom is 0.255 e. The van der Waals surface area contributed by atoms with E-state index in [4.69, 9.17) is 21.3 Å². The predicted octanol–water partition coefficient (Wildman–Crippen LogP) is 6.51. The van der Waals surface area contributed by atoms with Gasteiger partial charge in [0.15, 0.2) is 5.75 Å². The number of carbonyl (C=O) groups excluding carboxylic acids is 1. The number of hydrogen-bond donors (Lipinski definition) is 1. The van der Waals surface area contributed by atoms with Gasteiger partial charge in [-0.3, -0.25) is 4.79 Å². The van der Waals surface area contributed by atoms with E-state index >= 15 is 0 Å². The van der Waals surface area contributed by atoms with Gasteiger partial charge in [-0.2, -0.15) is 0 Å². The molecule has 0 radical (unpaired) electrons. The van der Waals surface area contributed by atoms with Crippen LogP contribution >= 0.6 is 11.6 Å². The molecule has 32 heavy (non-hydrogen) atoms. The third-order valence-corrected chi connectivity index (χ3v) is 6.19. The zero-order valence-electron chi connectivity index (χ0n) is 17.8. The van der Waals surface area contributed by atoms with Crippen LogP contribution in [0.2, 0.25) is 5.02 Å². The molecular weight excluding hydrogens is 422 g/mol. The summed E-state index contributed by atoms with van der Waals surface area (Å²) in [7, 11) is 0. The van der Waals surface area contributed by atoms with Gasteiger partial charge < -0.3 is 15.0 Å². The van der Waals surface area contributed by atoms with Crippen molar-refractivity contribution >= 4 is 34.7 Å². The second-order valence-corrected chi connectivity index (χ2v) is 8.79. The summed E-state index contributed by atoms with van der Waals surface area (Å²) in [5.74, 6) is 2.84. The van der Waals surface area contributed by atoms with E-state index in [9.17, 15) is 4.79 Å². The van der Waals surface area contributed by atoms with Crippen LogP contribution in [0.15, 0.2) is 71.7 Å². The number of rotatable bonds is 2. The minimum Gasteiger partial charge on any atom is -0.454 e. The monoisotopic (exact) mass is 445 g/mol. The van der Waals surface area contributed by atoms with Crippen LogP contribution in [-0.4, -0.2) is 29.7 Å². The number of ether oxygens (including phenoxy) is 1. The number of piperidine rings is 1. The molecule has 1 N–H and O–H groups in total. The summed E-state index contributed by atoms with van der Waals surface area (Å²) in [5.41, 5.74) is 2.87. The molecule has 0 atom stereocenters. The third kappa shape index (κ3) is 4.21. The van der Waals surface area contributed by atoms with Gasteiger partial charge in [-0.25, -0.2) is 4.99 Å². The Hall–Kier alpha value is -3.31. The van der Waals surface area contributed by atoms with E-state index in [1.165, 1.54) is 0 Å². The van der Waals surface area contributed by atoms with Crippen molar-refractivity contribution in [3.63, 3.8) is 0 Å². The molecule has 0 saturated carbocycles. The van der Waals surface area contributed by atoms with Crippen LogP contribution in [0, 0.1) is 5.92 Å². The molecular formula is C26H24ClN3O2. The number of anilines is 1. The van der Waals surface area contributed by atoms with Gasteiger partial charge in [0.1, 0.15) is 17.3 Å². The van der Waals surface area contributed by atoms with Gasteiger partial charge >= 0.3 is 0 Å². The Bertz CT molecular complexity index is 1200. The highest BCUT2D eigenvalue weighted by Crippen LogP contribution is 2.39. The standard InChI is InChI=1S/C26H24ClN3O2/c1-17-11-13-30(14-12-17)25-21-16-20(28-26(31)18-5-4-6-19(27)15-18)9-10-23(21)32-24-8-3-2-7-22(24)29-25/h2-10,15-17H,11-14H2,1H3,(H,28,31). The number of fused-ring (bicyclic) bond motifs is 2. The number of hydrogen-bond acceptors (Lipinski definition) is 4. The van der Waals surface area contributed by atoms with Gasteiger partial charge in [0.05, 0.1) is 5.56 Å². The van der Waals surface area contributed by atoms with Gasteiger partial charge in [0.2, 0.25) is 0 Å². The molecule has 2 heterocycles. The molecule has 0 spiro atoms. The van der Waals surface area contributed by atoms with Crippen LogP contribution in [0.3, 0.4) is 0 Å². The molecule has 1 amide bonds. The lowest BCUT2D eigenvalue weighted by Crippen LogP contribution is -2.38.